The normalized spacial score (nSPS) is 38.1. The Hall–Kier alpha value is -1.43. The van der Waals surface area contributed by atoms with Gasteiger partial charge in [-0.25, -0.2) is 0 Å². The number of piperidine rings is 3. The van der Waals surface area contributed by atoms with Gasteiger partial charge in [0.2, 0.25) is 0 Å². The molecule has 0 N–H and O–H groups in total. The number of rotatable bonds is 2. The molecule has 122 valence electrons. The molecule has 3 aliphatic rings. The van der Waals surface area contributed by atoms with Gasteiger partial charge in [0.25, 0.3) is 0 Å². The van der Waals surface area contributed by atoms with Crippen molar-refractivity contribution in [3.05, 3.63) is 0 Å². The molecule has 1 unspecified atom stereocenters. The van der Waals surface area contributed by atoms with E-state index < -0.39 is 23.8 Å². The van der Waals surface area contributed by atoms with Crippen molar-refractivity contribution >= 4 is 17.7 Å². The topological polar surface area (TPSA) is 72.9 Å². The SMILES string of the molecule is COC(=O)[C@H]1C(=O)[C@@H](C(=O)OC)[C@@H]2CCCC3CCC[C@H]1N32. The maximum Gasteiger partial charge on any atom is 0.317 e. The number of carbonyl (C=O) groups is 3. The largest absolute Gasteiger partial charge is 0.468 e. The summed E-state index contributed by atoms with van der Waals surface area (Å²) in [5.41, 5.74) is 0. The number of ether oxygens (including phenoxy) is 2. The van der Waals surface area contributed by atoms with E-state index in [2.05, 4.69) is 4.90 Å². The Labute approximate surface area is 130 Å². The first-order chi connectivity index (χ1) is 10.6. The molecule has 6 heteroatoms. The molecule has 3 fully saturated rings. The Morgan fingerprint density at radius 2 is 1.36 bits per heavy atom. The summed E-state index contributed by atoms with van der Waals surface area (Å²) in [4.78, 5) is 39.5. The quantitative estimate of drug-likeness (QED) is 0.558. The van der Waals surface area contributed by atoms with Crippen LogP contribution in [0.4, 0.5) is 0 Å². The van der Waals surface area contributed by atoms with Crippen LogP contribution in [-0.4, -0.2) is 55.0 Å². The second-order valence-electron chi connectivity index (χ2n) is 6.50. The number of hydrogen-bond donors (Lipinski definition) is 0. The number of Topliss-reactive ketones (excluding diaryl/α,β-unsaturated/α-hetero) is 1. The molecule has 6 nitrogen and oxygen atoms in total. The molecule has 0 aromatic rings. The van der Waals surface area contributed by atoms with Crippen molar-refractivity contribution < 1.29 is 23.9 Å². The van der Waals surface area contributed by atoms with E-state index in [1.54, 1.807) is 0 Å². The molecule has 3 heterocycles. The van der Waals surface area contributed by atoms with Gasteiger partial charge in [-0.3, -0.25) is 19.3 Å². The van der Waals surface area contributed by atoms with Crippen molar-refractivity contribution in [2.24, 2.45) is 11.8 Å². The van der Waals surface area contributed by atoms with E-state index in [9.17, 15) is 14.4 Å². The van der Waals surface area contributed by atoms with E-state index in [0.717, 1.165) is 38.5 Å². The number of carbonyl (C=O) groups excluding carboxylic acids is 3. The summed E-state index contributed by atoms with van der Waals surface area (Å²) in [6.45, 7) is 0. The molecule has 3 saturated heterocycles. The number of hydrogen-bond acceptors (Lipinski definition) is 6. The van der Waals surface area contributed by atoms with Crippen molar-refractivity contribution in [3.63, 3.8) is 0 Å². The molecular weight excluding hydrogens is 286 g/mol. The average molecular weight is 309 g/mol. The van der Waals surface area contributed by atoms with Crippen LogP contribution in [0.2, 0.25) is 0 Å². The average Bonchev–Trinajstić information content (AvgIpc) is 2.54. The minimum absolute atomic E-state index is 0.120. The predicted molar refractivity (Wildman–Crippen MR) is 76.9 cm³/mol. The van der Waals surface area contributed by atoms with Gasteiger partial charge in [0.15, 0.2) is 5.78 Å². The first-order valence-corrected chi connectivity index (χ1v) is 8.07. The van der Waals surface area contributed by atoms with Crippen LogP contribution >= 0.6 is 0 Å². The maximum absolute atomic E-state index is 12.9. The zero-order valence-corrected chi connectivity index (χ0v) is 13.1. The van der Waals surface area contributed by atoms with Crippen LogP contribution in [0.15, 0.2) is 0 Å². The minimum Gasteiger partial charge on any atom is -0.468 e. The zero-order valence-electron chi connectivity index (χ0n) is 13.1. The second kappa shape index (κ2) is 5.99. The van der Waals surface area contributed by atoms with Gasteiger partial charge in [0.1, 0.15) is 11.8 Å². The molecule has 0 aromatic heterocycles. The van der Waals surface area contributed by atoms with Crippen LogP contribution in [0, 0.1) is 11.8 Å². The van der Waals surface area contributed by atoms with Crippen LogP contribution < -0.4 is 0 Å². The first kappa shape index (κ1) is 15.5. The fourth-order valence-electron chi connectivity index (χ4n) is 4.70. The van der Waals surface area contributed by atoms with Crippen molar-refractivity contribution in [1.29, 1.82) is 0 Å². The van der Waals surface area contributed by atoms with Crippen molar-refractivity contribution in [2.75, 3.05) is 14.2 Å². The maximum atomic E-state index is 12.9. The van der Waals surface area contributed by atoms with Gasteiger partial charge < -0.3 is 9.47 Å². The molecule has 0 aliphatic carbocycles. The van der Waals surface area contributed by atoms with Gasteiger partial charge in [-0.05, 0) is 25.7 Å². The van der Waals surface area contributed by atoms with Crippen molar-refractivity contribution in [2.45, 2.75) is 56.7 Å². The lowest BCUT2D eigenvalue weighted by molar-refractivity contribution is -0.174. The fraction of sp³-hybridized carbons (Fsp3) is 0.812. The lowest BCUT2D eigenvalue weighted by atomic mass is 9.69. The summed E-state index contributed by atoms with van der Waals surface area (Å²) >= 11 is 0. The van der Waals surface area contributed by atoms with E-state index in [1.807, 2.05) is 0 Å². The van der Waals surface area contributed by atoms with Crippen LogP contribution in [0.25, 0.3) is 0 Å². The summed E-state index contributed by atoms with van der Waals surface area (Å²) in [7, 11) is 2.59. The molecule has 0 aromatic carbocycles. The molecule has 3 aliphatic heterocycles. The molecule has 3 rings (SSSR count). The zero-order chi connectivity index (χ0) is 15.9. The Kier molecular flexibility index (Phi) is 4.21. The van der Waals surface area contributed by atoms with Crippen LogP contribution in [-0.2, 0) is 23.9 Å². The summed E-state index contributed by atoms with van der Waals surface area (Å²) < 4.78 is 9.71. The standard InChI is InChI=1S/C16H23NO5/c1-21-15(19)12-10-7-3-5-9-6-4-8-11(17(9)10)13(14(12)18)16(20)22-2/h9-13H,3-8H2,1-2H3/t9?,10-,11+,12-,13+. The Balaban J connectivity index is 2.01. The number of nitrogens with zero attached hydrogens (tertiary/aromatic N) is 1. The minimum atomic E-state index is -0.855. The Morgan fingerprint density at radius 1 is 0.909 bits per heavy atom. The van der Waals surface area contributed by atoms with Crippen LogP contribution in [0.3, 0.4) is 0 Å². The van der Waals surface area contributed by atoms with Gasteiger partial charge in [-0.1, -0.05) is 12.8 Å². The fourth-order valence-corrected chi connectivity index (χ4v) is 4.70. The summed E-state index contributed by atoms with van der Waals surface area (Å²) in [5.74, 6) is -3.06. The van der Waals surface area contributed by atoms with Gasteiger partial charge >= 0.3 is 11.9 Å². The highest BCUT2D eigenvalue weighted by atomic mass is 16.5. The van der Waals surface area contributed by atoms with Crippen LogP contribution in [0.5, 0.6) is 0 Å². The van der Waals surface area contributed by atoms with Gasteiger partial charge in [-0.2, -0.15) is 0 Å². The molecule has 0 saturated carbocycles. The lowest BCUT2D eigenvalue weighted by Crippen LogP contribution is -2.68. The van der Waals surface area contributed by atoms with Crippen molar-refractivity contribution in [3.8, 4) is 0 Å². The second-order valence-corrected chi connectivity index (χ2v) is 6.50. The van der Waals surface area contributed by atoms with E-state index >= 15 is 0 Å². The number of methoxy groups -OCH3 is 2. The molecule has 5 atom stereocenters. The predicted octanol–water partition coefficient (Wildman–Crippen LogP) is 0.923. The highest BCUT2D eigenvalue weighted by Gasteiger charge is 2.57. The van der Waals surface area contributed by atoms with Crippen LogP contribution in [0.1, 0.15) is 38.5 Å². The number of ketones is 1. The third kappa shape index (κ3) is 2.24. The monoisotopic (exact) mass is 309 g/mol. The van der Waals surface area contributed by atoms with E-state index in [4.69, 9.17) is 9.47 Å². The van der Waals surface area contributed by atoms with Gasteiger partial charge in [0, 0.05) is 18.1 Å². The molecule has 0 spiro atoms. The van der Waals surface area contributed by atoms with Gasteiger partial charge in [-0.15, -0.1) is 0 Å². The highest BCUT2D eigenvalue weighted by molar-refractivity contribution is 6.10. The van der Waals surface area contributed by atoms with E-state index in [1.165, 1.54) is 14.2 Å². The van der Waals surface area contributed by atoms with Gasteiger partial charge in [0.05, 0.1) is 14.2 Å². The highest BCUT2D eigenvalue weighted by Crippen LogP contribution is 2.44. The number of esters is 2. The Bertz CT molecular complexity index is 451. The molecule has 0 radical (unpaired) electrons. The van der Waals surface area contributed by atoms with E-state index in [0.29, 0.717) is 6.04 Å². The third-order valence-electron chi connectivity index (χ3n) is 5.55. The molecule has 0 amide bonds. The smallest absolute Gasteiger partial charge is 0.317 e. The molecule has 22 heavy (non-hydrogen) atoms. The van der Waals surface area contributed by atoms with E-state index in [-0.39, 0.29) is 17.9 Å². The molecular formula is C16H23NO5. The Morgan fingerprint density at radius 3 is 1.77 bits per heavy atom. The summed E-state index contributed by atoms with van der Waals surface area (Å²) in [5, 5.41) is 0. The summed E-state index contributed by atoms with van der Waals surface area (Å²) in [6.07, 6.45) is 5.80. The third-order valence-corrected chi connectivity index (χ3v) is 5.55. The first-order valence-electron chi connectivity index (χ1n) is 8.07. The lowest BCUT2D eigenvalue weighted by Gasteiger charge is -2.55. The summed E-state index contributed by atoms with van der Waals surface area (Å²) in [6, 6.07) is 0.125. The molecule has 0 bridgehead atoms. The van der Waals surface area contributed by atoms with Crippen molar-refractivity contribution in [1.82, 2.24) is 4.90 Å².